The molecule has 6 heteroatoms. The molecule has 4 aliphatic rings. The van der Waals surface area contributed by atoms with Gasteiger partial charge in [-0.3, -0.25) is 8.51 Å². The Morgan fingerprint density at radius 1 is 1.00 bits per heavy atom. The summed E-state index contributed by atoms with van der Waals surface area (Å²) in [7, 11) is 3.35. The summed E-state index contributed by atoms with van der Waals surface area (Å²) in [6.45, 7) is 0.261. The number of ether oxygens (including phenoxy) is 2. The summed E-state index contributed by atoms with van der Waals surface area (Å²) in [5.41, 5.74) is 3.84. The number of allylic oxidation sites excluding steroid dienone is 1. The van der Waals surface area contributed by atoms with Crippen LogP contribution in [0.4, 0.5) is 5.69 Å². The van der Waals surface area contributed by atoms with Crippen molar-refractivity contribution in [3.8, 4) is 5.75 Å². The average molecular weight is 453 g/mol. The smallest absolute Gasteiger partial charge is 0.126 e. The van der Waals surface area contributed by atoms with Gasteiger partial charge in [0.2, 0.25) is 0 Å². The van der Waals surface area contributed by atoms with Crippen molar-refractivity contribution >= 4 is 22.7 Å². The Balaban J connectivity index is 1.56. The van der Waals surface area contributed by atoms with Gasteiger partial charge in [0, 0.05) is 22.9 Å². The van der Waals surface area contributed by atoms with Gasteiger partial charge < -0.3 is 14.0 Å². The predicted molar refractivity (Wildman–Crippen MR) is 126 cm³/mol. The van der Waals surface area contributed by atoms with Crippen LogP contribution in [0.5, 0.6) is 5.75 Å². The van der Waals surface area contributed by atoms with E-state index in [0.29, 0.717) is 23.3 Å². The van der Waals surface area contributed by atoms with E-state index < -0.39 is 11.3 Å². The third-order valence-corrected chi connectivity index (χ3v) is 8.21. The van der Waals surface area contributed by atoms with E-state index in [2.05, 4.69) is 0 Å². The lowest BCUT2D eigenvalue weighted by atomic mass is 9.54. The molecule has 0 aliphatic heterocycles. The molecule has 1 unspecified atom stereocenters. The molecule has 0 heterocycles. The summed E-state index contributed by atoms with van der Waals surface area (Å²) < 4.78 is 37.4. The van der Waals surface area contributed by atoms with Crippen LogP contribution in [0, 0.1) is 23.7 Å². The summed E-state index contributed by atoms with van der Waals surface area (Å²) >= 11 is -2.43. The van der Waals surface area contributed by atoms with Gasteiger partial charge in [0.05, 0.1) is 26.5 Å². The molecule has 5 nitrogen and oxygen atoms in total. The predicted octanol–water partition coefficient (Wildman–Crippen LogP) is 5.31. The second kappa shape index (κ2) is 8.91. The van der Waals surface area contributed by atoms with E-state index in [-0.39, 0.29) is 6.54 Å². The quantitative estimate of drug-likeness (QED) is 0.422. The largest absolute Gasteiger partial charge is 0.755 e. The molecule has 2 aromatic carbocycles. The van der Waals surface area contributed by atoms with Crippen LogP contribution in [0.1, 0.15) is 43.2 Å². The molecule has 1 atom stereocenters. The third kappa shape index (κ3) is 4.06. The SMILES string of the molecule is COC(=C1C2CC3CC(C2)CC1C3)c1cc(OC)cc(N(Cc2ccccc2)S(=O)[O-])c1. The highest BCUT2D eigenvalue weighted by Crippen LogP contribution is 2.58. The Labute approximate surface area is 192 Å². The molecule has 0 saturated heterocycles. The highest BCUT2D eigenvalue weighted by atomic mass is 32.2. The first-order chi connectivity index (χ1) is 15.6. The molecule has 0 N–H and O–H groups in total. The van der Waals surface area contributed by atoms with E-state index in [1.54, 1.807) is 20.3 Å². The molecule has 32 heavy (non-hydrogen) atoms. The van der Waals surface area contributed by atoms with E-state index in [9.17, 15) is 8.76 Å². The number of hydrogen-bond acceptors (Lipinski definition) is 4. The molecule has 0 amide bonds. The third-order valence-electron chi connectivity index (χ3n) is 7.51. The van der Waals surface area contributed by atoms with Crippen molar-refractivity contribution in [2.45, 2.75) is 38.6 Å². The monoisotopic (exact) mass is 452 g/mol. The number of nitrogens with zero attached hydrogens (tertiary/aromatic N) is 1. The maximum Gasteiger partial charge on any atom is 0.126 e. The van der Waals surface area contributed by atoms with E-state index in [0.717, 1.165) is 28.7 Å². The van der Waals surface area contributed by atoms with Crippen LogP contribution in [-0.2, 0) is 22.5 Å². The molecular formula is C26H30NO4S-. The van der Waals surface area contributed by atoms with Gasteiger partial charge >= 0.3 is 0 Å². The lowest BCUT2D eigenvalue weighted by Crippen LogP contribution is -2.40. The van der Waals surface area contributed by atoms with Crippen molar-refractivity contribution in [2.75, 3.05) is 18.5 Å². The first-order valence-corrected chi connectivity index (χ1v) is 12.5. The lowest BCUT2D eigenvalue weighted by molar-refractivity contribution is 0.0675. The molecule has 0 spiro atoms. The van der Waals surface area contributed by atoms with Crippen LogP contribution in [0.3, 0.4) is 0 Å². The van der Waals surface area contributed by atoms with Gasteiger partial charge in [-0.05, 0) is 79.0 Å². The van der Waals surface area contributed by atoms with Crippen LogP contribution in [0.2, 0.25) is 0 Å². The molecular weight excluding hydrogens is 422 g/mol. The lowest BCUT2D eigenvalue weighted by Gasteiger charge is -2.51. The molecule has 0 aromatic heterocycles. The van der Waals surface area contributed by atoms with Gasteiger partial charge in [-0.25, -0.2) is 0 Å². The van der Waals surface area contributed by atoms with Gasteiger partial charge in [0.1, 0.15) is 11.5 Å². The van der Waals surface area contributed by atoms with E-state index in [1.807, 2.05) is 42.5 Å². The number of benzene rings is 2. The molecule has 4 aliphatic carbocycles. The number of methoxy groups -OCH3 is 2. The Kier molecular flexibility index (Phi) is 5.99. The van der Waals surface area contributed by atoms with Crippen molar-refractivity contribution in [1.82, 2.24) is 0 Å². The van der Waals surface area contributed by atoms with Gasteiger partial charge in [-0.15, -0.1) is 0 Å². The minimum Gasteiger partial charge on any atom is -0.755 e. The maximum absolute atomic E-state index is 12.2. The van der Waals surface area contributed by atoms with Crippen molar-refractivity contribution in [3.05, 3.63) is 65.2 Å². The molecule has 6 rings (SSSR count). The summed E-state index contributed by atoms with van der Waals surface area (Å²) in [4.78, 5) is 0. The fraction of sp³-hybridized carbons (Fsp3) is 0.462. The molecule has 4 bridgehead atoms. The summed E-state index contributed by atoms with van der Waals surface area (Å²) in [5, 5.41) is 0. The maximum atomic E-state index is 12.2. The molecule has 2 aromatic rings. The Morgan fingerprint density at radius 2 is 1.66 bits per heavy atom. The van der Waals surface area contributed by atoms with Crippen LogP contribution in [0.25, 0.3) is 5.76 Å². The normalized spacial score (nSPS) is 26.7. The van der Waals surface area contributed by atoms with Gasteiger partial charge in [0.15, 0.2) is 0 Å². The summed E-state index contributed by atoms with van der Waals surface area (Å²) in [6.07, 6.45) is 6.44. The number of hydrogen-bond donors (Lipinski definition) is 0. The van der Waals surface area contributed by atoms with Gasteiger partial charge in [-0.1, -0.05) is 30.3 Å². The zero-order chi connectivity index (χ0) is 22.2. The van der Waals surface area contributed by atoms with Crippen molar-refractivity contribution in [1.29, 1.82) is 0 Å². The van der Waals surface area contributed by atoms with E-state index in [4.69, 9.17) is 9.47 Å². The first-order valence-electron chi connectivity index (χ1n) is 11.4. The van der Waals surface area contributed by atoms with Crippen molar-refractivity contribution < 1.29 is 18.2 Å². The second-order valence-corrected chi connectivity index (χ2v) is 10.3. The molecule has 4 fully saturated rings. The highest BCUT2D eigenvalue weighted by molar-refractivity contribution is 7.80. The summed E-state index contributed by atoms with van der Waals surface area (Å²) in [6, 6.07) is 15.3. The number of rotatable bonds is 7. The Morgan fingerprint density at radius 3 is 2.22 bits per heavy atom. The van der Waals surface area contributed by atoms with E-state index >= 15 is 0 Å². The van der Waals surface area contributed by atoms with Crippen LogP contribution in [0.15, 0.2) is 54.1 Å². The molecule has 170 valence electrons. The van der Waals surface area contributed by atoms with Crippen molar-refractivity contribution in [3.63, 3.8) is 0 Å². The van der Waals surface area contributed by atoms with E-state index in [1.165, 1.54) is 42.0 Å². The zero-order valence-corrected chi connectivity index (χ0v) is 19.5. The summed E-state index contributed by atoms with van der Waals surface area (Å²) in [5.74, 6) is 4.44. The fourth-order valence-electron chi connectivity index (χ4n) is 6.42. The molecule has 4 saturated carbocycles. The first kappa shape index (κ1) is 21.5. The minimum atomic E-state index is -2.43. The minimum absolute atomic E-state index is 0.261. The highest BCUT2D eigenvalue weighted by Gasteiger charge is 2.46. The van der Waals surface area contributed by atoms with Crippen LogP contribution >= 0.6 is 0 Å². The number of anilines is 1. The average Bonchev–Trinajstić information content (AvgIpc) is 2.79. The van der Waals surface area contributed by atoms with Crippen LogP contribution < -0.4 is 9.04 Å². The Hall–Kier alpha value is -2.31. The van der Waals surface area contributed by atoms with Crippen molar-refractivity contribution in [2.24, 2.45) is 23.7 Å². The fourth-order valence-corrected chi connectivity index (χ4v) is 6.95. The van der Waals surface area contributed by atoms with Gasteiger partial charge in [0.25, 0.3) is 0 Å². The Bertz CT molecular complexity index is 1010. The molecule has 0 radical (unpaired) electrons. The second-order valence-electron chi connectivity index (χ2n) is 9.45. The van der Waals surface area contributed by atoms with Gasteiger partial charge in [-0.2, -0.15) is 0 Å². The standard InChI is InChI=1S/C26H31NO4S/c1-30-24-14-22(13-23(15-24)27(32(28)29)16-17-6-4-3-5-7-17)26(31-2)25-20-9-18-8-19(11-20)12-21(25)10-18/h3-7,13-15,18-21H,8-12,16H2,1-2H3,(H,28,29)/p-1. The zero-order valence-electron chi connectivity index (χ0n) is 18.7. The topological polar surface area (TPSA) is 61.8 Å². The van der Waals surface area contributed by atoms with Crippen LogP contribution in [-0.4, -0.2) is 23.0 Å².